The van der Waals surface area contributed by atoms with E-state index in [1.807, 2.05) is 4.90 Å². The Morgan fingerprint density at radius 1 is 1.14 bits per heavy atom. The minimum absolute atomic E-state index is 0.126. The van der Waals surface area contributed by atoms with Crippen molar-refractivity contribution < 1.29 is 27.5 Å². The number of alkyl halides is 3. The Hall–Kier alpha value is -2.94. The molecule has 1 fully saturated rings. The van der Waals surface area contributed by atoms with Gasteiger partial charge in [-0.05, 0) is 55.3 Å². The van der Waals surface area contributed by atoms with Crippen molar-refractivity contribution in [3.8, 4) is 11.1 Å². The van der Waals surface area contributed by atoms with Crippen molar-refractivity contribution in [1.82, 2.24) is 14.3 Å². The zero-order valence-electron chi connectivity index (χ0n) is 15.2. The first kappa shape index (κ1) is 19.4. The molecule has 0 saturated carbocycles. The van der Waals surface area contributed by atoms with E-state index in [2.05, 4.69) is 4.98 Å². The van der Waals surface area contributed by atoms with Crippen LogP contribution in [0.2, 0.25) is 0 Å². The first-order valence-electron chi connectivity index (χ1n) is 9.08. The molecule has 9 heteroatoms. The summed E-state index contributed by atoms with van der Waals surface area (Å²) in [6, 6.07) is 6.12. The lowest BCUT2D eigenvalue weighted by Crippen LogP contribution is -2.21. The first-order chi connectivity index (χ1) is 13.7. The lowest BCUT2D eigenvalue weighted by atomic mass is 10.1. The van der Waals surface area contributed by atoms with Gasteiger partial charge in [-0.25, -0.2) is 14.2 Å². The number of hydrogen-bond acceptors (Lipinski definition) is 3. The number of carboxylic acid groups (broad SMARTS) is 1. The van der Waals surface area contributed by atoms with Gasteiger partial charge in [-0.3, -0.25) is 4.90 Å². The molecule has 2 aromatic heterocycles. The van der Waals surface area contributed by atoms with E-state index in [4.69, 9.17) is 0 Å². The molecule has 0 spiro atoms. The van der Waals surface area contributed by atoms with E-state index in [1.54, 1.807) is 0 Å². The third kappa shape index (κ3) is 3.69. The Kier molecular flexibility index (Phi) is 4.77. The van der Waals surface area contributed by atoms with Gasteiger partial charge in [0.1, 0.15) is 11.5 Å². The Morgan fingerprint density at radius 3 is 2.48 bits per heavy atom. The molecule has 3 aromatic rings. The van der Waals surface area contributed by atoms with Crippen molar-refractivity contribution in [3.63, 3.8) is 0 Å². The molecule has 152 valence electrons. The van der Waals surface area contributed by atoms with E-state index < -0.39 is 34.9 Å². The average molecular weight is 407 g/mol. The summed E-state index contributed by atoms with van der Waals surface area (Å²) in [5, 5.41) is 9.53. The van der Waals surface area contributed by atoms with E-state index in [0.29, 0.717) is 0 Å². The fourth-order valence-electron chi connectivity index (χ4n) is 3.70. The third-order valence-corrected chi connectivity index (χ3v) is 5.06. The number of carboxylic acids is 1. The van der Waals surface area contributed by atoms with E-state index in [1.165, 1.54) is 28.8 Å². The van der Waals surface area contributed by atoms with Crippen LogP contribution in [0.4, 0.5) is 17.6 Å². The normalized spacial score (nSPS) is 15.3. The molecule has 0 amide bonds. The number of hydrogen-bond donors (Lipinski definition) is 1. The number of aromatic carboxylic acids is 1. The maximum absolute atomic E-state index is 13.8. The number of aromatic nitrogens is 2. The van der Waals surface area contributed by atoms with Crippen molar-refractivity contribution in [1.29, 1.82) is 0 Å². The molecule has 1 aliphatic rings. The number of likely N-dealkylation sites (tertiary alicyclic amines) is 1. The quantitative estimate of drug-likeness (QED) is 0.649. The van der Waals surface area contributed by atoms with Crippen molar-refractivity contribution in [3.05, 3.63) is 59.3 Å². The minimum Gasteiger partial charge on any atom is -0.476 e. The second kappa shape index (κ2) is 7.14. The molecule has 29 heavy (non-hydrogen) atoms. The molecule has 1 aliphatic heterocycles. The summed E-state index contributed by atoms with van der Waals surface area (Å²) in [6.07, 6.45) is -1.47. The molecule has 0 bridgehead atoms. The standard InChI is InChI=1S/C20H17F4N3O2/c21-14-5-3-4-12(8-14)13-9-15(20(22,23)24)18-25-17(19(28)29)16(27(18)10-13)11-26-6-1-2-7-26/h3-5,8-10H,1-2,6-7,11H2,(H,28,29). The van der Waals surface area contributed by atoms with Crippen LogP contribution in [0.5, 0.6) is 0 Å². The third-order valence-electron chi connectivity index (χ3n) is 5.06. The van der Waals surface area contributed by atoms with Crippen LogP contribution >= 0.6 is 0 Å². The van der Waals surface area contributed by atoms with E-state index in [9.17, 15) is 27.5 Å². The molecule has 5 nitrogen and oxygen atoms in total. The maximum Gasteiger partial charge on any atom is 0.420 e. The van der Waals surface area contributed by atoms with E-state index >= 15 is 0 Å². The summed E-state index contributed by atoms with van der Waals surface area (Å²) in [5.74, 6) is -1.96. The zero-order valence-corrected chi connectivity index (χ0v) is 15.2. The fraction of sp³-hybridized carbons (Fsp3) is 0.300. The molecule has 1 saturated heterocycles. The summed E-state index contributed by atoms with van der Waals surface area (Å²) in [5.41, 5.74) is -1.37. The van der Waals surface area contributed by atoms with Gasteiger partial charge in [-0.2, -0.15) is 13.2 Å². The average Bonchev–Trinajstić information content (AvgIpc) is 3.28. The number of fused-ring (bicyclic) bond motifs is 1. The summed E-state index contributed by atoms with van der Waals surface area (Å²) in [4.78, 5) is 17.5. The number of carbonyl (C=O) groups is 1. The Bertz CT molecular complexity index is 1090. The minimum atomic E-state index is -4.75. The molecule has 1 N–H and O–H groups in total. The maximum atomic E-state index is 13.8. The van der Waals surface area contributed by atoms with Crippen LogP contribution in [0.1, 0.15) is 34.6 Å². The Morgan fingerprint density at radius 2 is 1.86 bits per heavy atom. The largest absolute Gasteiger partial charge is 0.476 e. The van der Waals surface area contributed by atoms with Crippen LogP contribution in [-0.2, 0) is 12.7 Å². The first-order valence-corrected chi connectivity index (χ1v) is 9.08. The highest BCUT2D eigenvalue weighted by molar-refractivity contribution is 5.88. The van der Waals surface area contributed by atoms with Gasteiger partial charge in [-0.1, -0.05) is 12.1 Å². The molecule has 3 heterocycles. The predicted octanol–water partition coefficient (Wildman–Crippen LogP) is 4.45. The SMILES string of the molecule is O=C(O)c1nc2c(C(F)(F)F)cc(-c3cccc(F)c3)cn2c1CN1CCCC1. The fourth-order valence-corrected chi connectivity index (χ4v) is 3.70. The van der Waals surface area contributed by atoms with Crippen LogP contribution in [0, 0.1) is 5.82 Å². The number of halogens is 4. The smallest absolute Gasteiger partial charge is 0.420 e. The predicted molar refractivity (Wildman–Crippen MR) is 97.1 cm³/mol. The van der Waals surface area contributed by atoms with Crippen molar-refractivity contribution in [2.24, 2.45) is 0 Å². The lowest BCUT2D eigenvalue weighted by Gasteiger charge is -2.16. The second-order valence-corrected chi connectivity index (χ2v) is 7.04. The van der Waals surface area contributed by atoms with Crippen LogP contribution < -0.4 is 0 Å². The molecule has 4 rings (SSSR count). The van der Waals surface area contributed by atoms with Crippen molar-refractivity contribution >= 4 is 11.6 Å². The molecular weight excluding hydrogens is 390 g/mol. The molecule has 0 unspecified atom stereocenters. The number of benzene rings is 1. The van der Waals surface area contributed by atoms with Crippen LogP contribution in [-0.4, -0.2) is 38.4 Å². The summed E-state index contributed by atoms with van der Waals surface area (Å²) < 4.78 is 56.1. The molecule has 0 aliphatic carbocycles. The van der Waals surface area contributed by atoms with Gasteiger partial charge in [0.2, 0.25) is 0 Å². The highest BCUT2D eigenvalue weighted by atomic mass is 19.4. The van der Waals surface area contributed by atoms with Crippen LogP contribution in [0.15, 0.2) is 36.5 Å². The molecular formula is C20H17F4N3O2. The Balaban J connectivity index is 1.98. The van der Waals surface area contributed by atoms with Gasteiger partial charge in [0, 0.05) is 12.7 Å². The second-order valence-electron chi connectivity index (χ2n) is 7.04. The van der Waals surface area contributed by atoms with E-state index in [-0.39, 0.29) is 23.4 Å². The topological polar surface area (TPSA) is 57.8 Å². The van der Waals surface area contributed by atoms with Crippen LogP contribution in [0.3, 0.4) is 0 Å². The highest BCUT2D eigenvalue weighted by Gasteiger charge is 2.36. The number of imidazole rings is 1. The van der Waals surface area contributed by atoms with Crippen molar-refractivity contribution in [2.75, 3.05) is 13.1 Å². The number of nitrogens with zero attached hydrogens (tertiary/aromatic N) is 3. The van der Waals surface area contributed by atoms with Crippen molar-refractivity contribution in [2.45, 2.75) is 25.6 Å². The lowest BCUT2D eigenvalue weighted by molar-refractivity contribution is -0.136. The number of rotatable bonds is 4. The van der Waals surface area contributed by atoms with Gasteiger partial charge in [0.05, 0.1) is 11.3 Å². The zero-order chi connectivity index (χ0) is 20.8. The van der Waals surface area contributed by atoms with E-state index in [0.717, 1.165) is 38.1 Å². The molecule has 1 aromatic carbocycles. The molecule has 0 atom stereocenters. The van der Waals surface area contributed by atoms with Crippen LogP contribution in [0.25, 0.3) is 16.8 Å². The monoisotopic (exact) mass is 407 g/mol. The molecule has 0 radical (unpaired) electrons. The summed E-state index contributed by atoms with van der Waals surface area (Å²) >= 11 is 0. The van der Waals surface area contributed by atoms with Gasteiger partial charge in [0.25, 0.3) is 0 Å². The highest BCUT2D eigenvalue weighted by Crippen LogP contribution is 2.36. The Labute approximate surface area is 163 Å². The van der Waals surface area contributed by atoms with Gasteiger partial charge < -0.3 is 9.51 Å². The van der Waals surface area contributed by atoms with Gasteiger partial charge >= 0.3 is 12.1 Å². The summed E-state index contributed by atoms with van der Waals surface area (Å²) in [6.45, 7) is 1.65. The summed E-state index contributed by atoms with van der Waals surface area (Å²) in [7, 11) is 0. The number of pyridine rings is 1. The van der Waals surface area contributed by atoms with Gasteiger partial charge in [-0.15, -0.1) is 0 Å². The van der Waals surface area contributed by atoms with Gasteiger partial charge in [0.15, 0.2) is 5.69 Å².